The van der Waals surface area contributed by atoms with Crippen LogP contribution in [0.5, 0.6) is 0 Å². The fourth-order valence-corrected chi connectivity index (χ4v) is 5.32. The molecule has 0 amide bonds. The third-order valence-corrected chi connectivity index (χ3v) is 7.08. The van der Waals surface area contributed by atoms with E-state index in [9.17, 15) is 8.42 Å². The lowest BCUT2D eigenvalue weighted by Gasteiger charge is -2.23. The second-order valence-corrected chi connectivity index (χ2v) is 8.29. The number of hydrogen-bond donors (Lipinski definition) is 2. The molecule has 1 saturated heterocycles. The summed E-state index contributed by atoms with van der Waals surface area (Å²) in [5.41, 5.74) is 0. The highest BCUT2D eigenvalue weighted by molar-refractivity contribution is 7.91. The van der Waals surface area contributed by atoms with E-state index in [1.54, 1.807) is 6.07 Å². The van der Waals surface area contributed by atoms with Gasteiger partial charge in [-0.1, -0.05) is 6.92 Å². The molecule has 1 atom stereocenters. The molecule has 0 bridgehead atoms. The van der Waals surface area contributed by atoms with Gasteiger partial charge in [-0.15, -0.1) is 11.3 Å². The second kappa shape index (κ2) is 7.00. The highest BCUT2D eigenvalue weighted by Crippen LogP contribution is 2.25. The Bertz CT molecular complexity index is 521. The molecule has 1 fully saturated rings. The number of nitrogens with zero attached hydrogens (tertiary/aromatic N) is 1. The molecule has 0 radical (unpaired) electrons. The molecule has 7 heteroatoms. The third-order valence-electron chi connectivity index (χ3n) is 3.52. The van der Waals surface area contributed by atoms with Crippen molar-refractivity contribution in [3.8, 4) is 0 Å². The first-order valence-corrected chi connectivity index (χ1v) is 9.26. The second-order valence-electron chi connectivity index (χ2n) is 4.95. The largest absolute Gasteiger partial charge is 0.395 e. The number of hydrogen-bond acceptors (Lipinski definition) is 5. The number of aliphatic hydroxyl groups is 1. The molecule has 1 aliphatic rings. The standard InChI is InChI=1S/C13H22N2O3S2/c1-2-12-5-6-13(19-12)20(17,18)15(8-9-16)10-11-4-3-7-14-11/h5-6,11,14,16H,2-4,7-10H2,1H3. The fraction of sp³-hybridized carbons (Fsp3) is 0.692. The van der Waals surface area contributed by atoms with Gasteiger partial charge in [0.15, 0.2) is 0 Å². The van der Waals surface area contributed by atoms with Gasteiger partial charge in [0.05, 0.1) is 6.61 Å². The summed E-state index contributed by atoms with van der Waals surface area (Å²) in [5, 5.41) is 12.5. The molecule has 0 spiro atoms. The topological polar surface area (TPSA) is 69.6 Å². The van der Waals surface area contributed by atoms with E-state index in [1.807, 2.05) is 13.0 Å². The average molecular weight is 318 g/mol. The van der Waals surface area contributed by atoms with Gasteiger partial charge >= 0.3 is 0 Å². The summed E-state index contributed by atoms with van der Waals surface area (Å²) in [6.45, 7) is 3.38. The molecule has 1 aromatic heterocycles. The first-order valence-electron chi connectivity index (χ1n) is 7.01. The Kier molecular flexibility index (Phi) is 5.57. The molecular formula is C13H22N2O3S2. The molecule has 1 unspecified atom stereocenters. The normalized spacial score (nSPS) is 19.9. The Morgan fingerprint density at radius 3 is 2.85 bits per heavy atom. The van der Waals surface area contributed by atoms with E-state index in [-0.39, 0.29) is 19.2 Å². The van der Waals surface area contributed by atoms with Gasteiger partial charge in [0.2, 0.25) is 0 Å². The summed E-state index contributed by atoms with van der Waals surface area (Å²) >= 11 is 1.32. The van der Waals surface area contributed by atoms with Crippen LogP contribution in [0.25, 0.3) is 0 Å². The molecule has 0 aliphatic carbocycles. The summed E-state index contributed by atoms with van der Waals surface area (Å²) in [7, 11) is -3.49. The molecule has 1 aliphatic heterocycles. The maximum atomic E-state index is 12.6. The summed E-state index contributed by atoms with van der Waals surface area (Å²) in [4.78, 5) is 1.06. The number of aryl methyl sites for hydroxylation is 1. The minimum atomic E-state index is -3.49. The maximum absolute atomic E-state index is 12.6. The summed E-state index contributed by atoms with van der Waals surface area (Å²) in [6.07, 6.45) is 2.91. The molecule has 2 heterocycles. The Morgan fingerprint density at radius 1 is 1.50 bits per heavy atom. The van der Waals surface area contributed by atoms with E-state index >= 15 is 0 Å². The van der Waals surface area contributed by atoms with Gasteiger partial charge in [-0.05, 0) is 37.9 Å². The summed E-state index contributed by atoms with van der Waals surface area (Å²) in [6, 6.07) is 3.73. The van der Waals surface area contributed by atoms with Crippen LogP contribution in [0.1, 0.15) is 24.6 Å². The van der Waals surface area contributed by atoms with Crippen LogP contribution >= 0.6 is 11.3 Å². The Hall–Kier alpha value is -0.470. The Labute approximate surface area is 124 Å². The van der Waals surface area contributed by atoms with Crippen molar-refractivity contribution in [2.45, 2.75) is 36.4 Å². The van der Waals surface area contributed by atoms with Crippen LogP contribution in [-0.2, 0) is 16.4 Å². The molecule has 5 nitrogen and oxygen atoms in total. The lowest BCUT2D eigenvalue weighted by Crippen LogP contribution is -2.42. The number of rotatable bonds is 7. The van der Waals surface area contributed by atoms with Crippen LogP contribution in [0.2, 0.25) is 0 Å². The highest BCUT2D eigenvalue weighted by atomic mass is 32.2. The van der Waals surface area contributed by atoms with Crippen LogP contribution in [0, 0.1) is 0 Å². The third kappa shape index (κ3) is 3.59. The number of nitrogens with one attached hydrogen (secondary N) is 1. The molecule has 114 valence electrons. The molecular weight excluding hydrogens is 296 g/mol. The van der Waals surface area contributed by atoms with E-state index in [1.165, 1.54) is 15.6 Å². The van der Waals surface area contributed by atoms with Crippen molar-refractivity contribution in [3.05, 3.63) is 17.0 Å². The van der Waals surface area contributed by atoms with Crippen molar-refractivity contribution in [2.24, 2.45) is 0 Å². The van der Waals surface area contributed by atoms with Crippen molar-refractivity contribution in [1.82, 2.24) is 9.62 Å². The predicted molar refractivity (Wildman–Crippen MR) is 80.6 cm³/mol. The smallest absolute Gasteiger partial charge is 0.252 e. The quantitative estimate of drug-likeness (QED) is 0.788. The van der Waals surface area contributed by atoms with Crippen molar-refractivity contribution in [1.29, 1.82) is 0 Å². The zero-order valence-electron chi connectivity index (χ0n) is 11.7. The van der Waals surface area contributed by atoms with Gasteiger partial charge < -0.3 is 10.4 Å². The minimum absolute atomic E-state index is 0.153. The number of sulfonamides is 1. The van der Waals surface area contributed by atoms with Crippen LogP contribution in [-0.4, -0.2) is 50.1 Å². The maximum Gasteiger partial charge on any atom is 0.252 e. The SMILES string of the molecule is CCc1ccc(S(=O)(=O)N(CCO)CC2CCCN2)s1. The number of aliphatic hydroxyl groups excluding tert-OH is 1. The van der Waals surface area contributed by atoms with Crippen LogP contribution in [0.4, 0.5) is 0 Å². The van der Waals surface area contributed by atoms with E-state index < -0.39 is 10.0 Å². The lowest BCUT2D eigenvalue weighted by atomic mass is 10.2. The molecule has 20 heavy (non-hydrogen) atoms. The van der Waals surface area contributed by atoms with Gasteiger partial charge in [-0.2, -0.15) is 4.31 Å². The summed E-state index contributed by atoms with van der Waals surface area (Å²) in [5.74, 6) is 0. The first kappa shape index (κ1) is 15.9. The summed E-state index contributed by atoms with van der Waals surface area (Å²) < 4.78 is 27.1. The average Bonchev–Trinajstić information content (AvgIpc) is 3.09. The van der Waals surface area contributed by atoms with Crippen LogP contribution in [0.3, 0.4) is 0 Å². The fourth-order valence-electron chi connectivity index (χ4n) is 2.39. The predicted octanol–water partition coefficient (Wildman–Crippen LogP) is 1.05. The van der Waals surface area contributed by atoms with Crippen molar-refractivity contribution >= 4 is 21.4 Å². The van der Waals surface area contributed by atoms with Crippen LogP contribution in [0.15, 0.2) is 16.3 Å². The van der Waals surface area contributed by atoms with E-state index in [0.29, 0.717) is 10.8 Å². The molecule has 2 rings (SSSR count). The van der Waals surface area contributed by atoms with Crippen LogP contribution < -0.4 is 5.32 Å². The van der Waals surface area contributed by atoms with E-state index in [0.717, 1.165) is 30.7 Å². The Morgan fingerprint density at radius 2 is 2.30 bits per heavy atom. The monoisotopic (exact) mass is 318 g/mol. The molecule has 0 aromatic carbocycles. The first-order chi connectivity index (χ1) is 9.57. The minimum Gasteiger partial charge on any atom is -0.395 e. The molecule has 1 aromatic rings. The van der Waals surface area contributed by atoms with Crippen molar-refractivity contribution in [2.75, 3.05) is 26.2 Å². The van der Waals surface area contributed by atoms with Gasteiger partial charge in [0, 0.05) is 24.0 Å². The lowest BCUT2D eigenvalue weighted by molar-refractivity contribution is 0.246. The van der Waals surface area contributed by atoms with Gasteiger partial charge in [-0.25, -0.2) is 8.42 Å². The number of thiophene rings is 1. The Balaban J connectivity index is 2.16. The highest BCUT2D eigenvalue weighted by Gasteiger charge is 2.29. The molecule has 0 saturated carbocycles. The van der Waals surface area contributed by atoms with Gasteiger partial charge in [0.1, 0.15) is 4.21 Å². The van der Waals surface area contributed by atoms with Gasteiger partial charge in [0.25, 0.3) is 10.0 Å². The van der Waals surface area contributed by atoms with Gasteiger partial charge in [-0.3, -0.25) is 0 Å². The molecule has 2 N–H and O–H groups in total. The van der Waals surface area contributed by atoms with Crippen molar-refractivity contribution in [3.63, 3.8) is 0 Å². The van der Waals surface area contributed by atoms with E-state index in [2.05, 4.69) is 5.32 Å². The van der Waals surface area contributed by atoms with E-state index in [4.69, 9.17) is 5.11 Å². The zero-order chi connectivity index (χ0) is 14.6. The van der Waals surface area contributed by atoms with Crippen molar-refractivity contribution < 1.29 is 13.5 Å². The zero-order valence-corrected chi connectivity index (χ0v) is 13.3.